The van der Waals surface area contributed by atoms with Gasteiger partial charge in [-0.25, -0.2) is 4.98 Å². The van der Waals surface area contributed by atoms with Crippen molar-refractivity contribution in [3.8, 4) is 0 Å². The molecule has 0 saturated carbocycles. The lowest BCUT2D eigenvalue weighted by Crippen LogP contribution is -2.60. The van der Waals surface area contributed by atoms with E-state index in [0.29, 0.717) is 6.61 Å². The molecule has 21 heavy (non-hydrogen) atoms. The summed E-state index contributed by atoms with van der Waals surface area (Å²) >= 11 is 1.71. The molecule has 1 spiro atoms. The largest absolute Gasteiger partial charge is 0.372 e. The number of amides is 1. The zero-order chi connectivity index (χ0) is 14.9. The zero-order valence-corrected chi connectivity index (χ0v) is 13.6. The highest BCUT2D eigenvalue weighted by molar-refractivity contribution is 7.09. The van der Waals surface area contributed by atoms with Gasteiger partial charge in [0.2, 0.25) is 5.91 Å². The molecule has 2 aliphatic heterocycles. The maximum absolute atomic E-state index is 12.1. The second kappa shape index (κ2) is 6.02. The van der Waals surface area contributed by atoms with Crippen molar-refractivity contribution in [1.82, 2.24) is 14.8 Å². The van der Waals surface area contributed by atoms with Gasteiger partial charge in [-0.15, -0.1) is 11.3 Å². The molecule has 0 aromatic carbocycles. The van der Waals surface area contributed by atoms with Crippen LogP contribution in [0.4, 0.5) is 0 Å². The van der Waals surface area contributed by atoms with Gasteiger partial charge in [-0.3, -0.25) is 9.69 Å². The molecule has 3 rings (SSSR count). The average molecular weight is 309 g/mol. The first-order chi connectivity index (χ1) is 10.1. The summed E-state index contributed by atoms with van der Waals surface area (Å²) in [6.45, 7) is 8.52. The standard InChI is InChI=1S/C15H23N3O2S/c1-3-20-9-14(19)17-6-4-15(11-17)5-7-18(15)8-13-10-21-12(2)16-13/h10H,3-9,11H2,1-2H3/t15-/m0/s1. The van der Waals surface area contributed by atoms with Gasteiger partial charge in [-0.05, 0) is 26.7 Å². The molecule has 3 heterocycles. The van der Waals surface area contributed by atoms with E-state index >= 15 is 0 Å². The van der Waals surface area contributed by atoms with Crippen molar-refractivity contribution in [2.45, 2.75) is 38.8 Å². The second-order valence-electron chi connectivity index (χ2n) is 5.96. The molecule has 5 nitrogen and oxygen atoms in total. The molecule has 0 unspecified atom stereocenters. The van der Waals surface area contributed by atoms with E-state index in [9.17, 15) is 4.79 Å². The minimum atomic E-state index is 0.130. The second-order valence-corrected chi connectivity index (χ2v) is 7.02. The first kappa shape index (κ1) is 14.9. The summed E-state index contributed by atoms with van der Waals surface area (Å²) < 4.78 is 5.24. The van der Waals surface area contributed by atoms with E-state index in [2.05, 4.69) is 15.3 Å². The topological polar surface area (TPSA) is 45.7 Å². The fourth-order valence-electron chi connectivity index (χ4n) is 3.32. The quantitative estimate of drug-likeness (QED) is 0.830. The summed E-state index contributed by atoms with van der Waals surface area (Å²) in [5.41, 5.74) is 1.36. The maximum Gasteiger partial charge on any atom is 0.248 e. The molecule has 2 aliphatic rings. The summed E-state index contributed by atoms with van der Waals surface area (Å²) in [5, 5.41) is 3.27. The first-order valence-corrected chi connectivity index (χ1v) is 8.52. The monoisotopic (exact) mass is 309 g/mol. The van der Waals surface area contributed by atoms with Crippen molar-refractivity contribution >= 4 is 17.2 Å². The molecule has 1 amide bonds. The minimum absolute atomic E-state index is 0.130. The number of hydrogen-bond acceptors (Lipinski definition) is 5. The van der Waals surface area contributed by atoms with Crippen LogP contribution in [0.3, 0.4) is 0 Å². The Morgan fingerprint density at radius 2 is 2.29 bits per heavy atom. The summed E-state index contributed by atoms with van der Waals surface area (Å²) in [6.07, 6.45) is 2.27. The highest BCUT2D eigenvalue weighted by atomic mass is 32.1. The van der Waals surface area contributed by atoms with Gasteiger partial charge in [-0.2, -0.15) is 0 Å². The fraction of sp³-hybridized carbons (Fsp3) is 0.733. The van der Waals surface area contributed by atoms with Gasteiger partial charge in [0.25, 0.3) is 0 Å². The molecule has 0 bridgehead atoms. The number of likely N-dealkylation sites (tertiary alicyclic amines) is 2. The van der Waals surface area contributed by atoms with E-state index in [4.69, 9.17) is 4.74 Å². The van der Waals surface area contributed by atoms with Crippen LogP contribution in [-0.4, -0.2) is 59.1 Å². The van der Waals surface area contributed by atoms with Crippen molar-refractivity contribution in [1.29, 1.82) is 0 Å². The van der Waals surface area contributed by atoms with Crippen molar-refractivity contribution in [3.05, 3.63) is 16.1 Å². The third kappa shape index (κ3) is 2.98. The molecule has 0 N–H and O–H groups in total. The number of thiazole rings is 1. The average Bonchev–Trinajstić information content (AvgIpc) is 3.09. The third-order valence-corrected chi connectivity index (χ3v) is 5.47. The summed E-state index contributed by atoms with van der Waals surface area (Å²) in [7, 11) is 0. The fourth-order valence-corrected chi connectivity index (χ4v) is 3.93. The van der Waals surface area contributed by atoms with Crippen LogP contribution in [0.25, 0.3) is 0 Å². The van der Waals surface area contributed by atoms with Crippen LogP contribution >= 0.6 is 11.3 Å². The number of aromatic nitrogens is 1. The number of carbonyl (C=O) groups is 1. The van der Waals surface area contributed by atoms with E-state index < -0.39 is 0 Å². The Bertz CT molecular complexity index is 519. The van der Waals surface area contributed by atoms with Crippen LogP contribution in [0.1, 0.15) is 30.5 Å². The lowest BCUT2D eigenvalue weighted by atomic mass is 9.83. The van der Waals surface area contributed by atoms with Gasteiger partial charge in [-0.1, -0.05) is 0 Å². The van der Waals surface area contributed by atoms with Crippen molar-refractivity contribution in [3.63, 3.8) is 0 Å². The lowest BCUT2D eigenvalue weighted by Gasteiger charge is -2.50. The Balaban J connectivity index is 1.57. The molecule has 1 aromatic heterocycles. The number of rotatable bonds is 5. The van der Waals surface area contributed by atoms with E-state index in [1.54, 1.807) is 11.3 Å². The van der Waals surface area contributed by atoms with Crippen LogP contribution in [0.5, 0.6) is 0 Å². The zero-order valence-electron chi connectivity index (χ0n) is 12.8. The summed E-state index contributed by atoms with van der Waals surface area (Å²) in [5.74, 6) is 0.130. The van der Waals surface area contributed by atoms with Crippen molar-refractivity contribution in [2.24, 2.45) is 0 Å². The van der Waals surface area contributed by atoms with Crippen LogP contribution in [-0.2, 0) is 16.1 Å². The van der Waals surface area contributed by atoms with Crippen LogP contribution in [0, 0.1) is 6.92 Å². The molecule has 6 heteroatoms. The minimum Gasteiger partial charge on any atom is -0.372 e. The molecule has 2 fully saturated rings. The SMILES string of the molecule is CCOCC(=O)N1CC[C@]2(CCN2Cc2csc(C)n2)C1. The molecule has 0 radical (unpaired) electrons. The highest BCUT2D eigenvalue weighted by Gasteiger charge is 2.50. The molecular formula is C15H23N3O2S. The predicted octanol–water partition coefficient (Wildman–Crippen LogP) is 1.66. The van der Waals surface area contributed by atoms with Crippen LogP contribution < -0.4 is 0 Å². The molecule has 2 saturated heterocycles. The molecular weight excluding hydrogens is 286 g/mol. The maximum atomic E-state index is 12.1. The van der Waals surface area contributed by atoms with Gasteiger partial charge in [0.05, 0.1) is 10.7 Å². The molecule has 116 valence electrons. The Labute approximate surface area is 129 Å². The number of ether oxygens (including phenoxy) is 1. The van der Waals surface area contributed by atoms with E-state index in [1.807, 2.05) is 18.7 Å². The molecule has 0 aliphatic carbocycles. The first-order valence-electron chi connectivity index (χ1n) is 7.64. The van der Waals surface area contributed by atoms with Gasteiger partial charge < -0.3 is 9.64 Å². The molecule has 1 atom stereocenters. The number of nitrogens with zero attached hydrogens (tertiary/aromatic N) is 3. The van der Waals surface area contributed by atoms with Crippen LogP contribution in [0.15, 0.2) is 5.38 Å². The highest BCUT2D eigenvalue weighted by Crippen LogP contribution is 2.40. The van der Waals surface area contributed by atoms with E-state index in [0.717, 1.165) is 43.3 Å². The number of aryl methyl sites for hydroxylation is 1. The lowest BCUT2D eigenvalue weighted by molar-refractivity contribution is -0.136. The van der Waals surface area contributed by atoms with Gasteiger partial charge in [0, 0.05) is 43.7 Å². The normalized spacial score (nSPS) is 25.5. The van der Waals surface area contributed by atoms with E-state index in [-0.39, 0.29) is 18.1 Å². The van der Waals surface area contributed by atoms with Gasteiger partial charge >= 0.3 is 0 Å². The third-order valence-electron chi connectivity index (χ3n) is 4.65. The summed E-state index contributed by atoms with van der Waals surface area (Å²) in [6, 6.07) is 0. The van der Waals surface area contributed by atoms with Gasteiger partial charge in [0.15, 0.2) is 0 Å². The number of hydrogen-bond donors (Lipinski definition) is 0. The Kier molecular flexibility index (Phi) is 4.28. The van der Waals surface area contributed by atoms with Gasteiger partial charge in [0.1, 0.15) is 6.61 Å². The summed E-state index contributed by atoms with van der Waals surface area (Å²) in [4.78, 5) is 21.1. The Hall–Kier alpha value is -0.980. The number of carbonyl (C=O) groups excluding carboxylic acids is 1. The Morgan fingerprint density at radius 3 is 2.90 bits per heavy atom. The predicted molar refractivity (Wildman–Crippen MR) is 82.3 cm³/mol. The van der Waals surface area contributed by atoms with Crippen molar-refractivity contribution < 1.29 is 9.53 Å². The van der Waals surface area contributed by atoms with E-state index in [1.165, 1.54) is 6.42 Å². The Morgan fingerprint density at radius 1 is 1.48 bits per heavy atom. The smallest absolute Gasteiger partial charge is 0.248 e. The van der Waals surface area contributed by atoms with Crippen LogP contribution in [0.2, 0.25) is 0 Å². The molecule has 1 aromatic rings. The van der Waals surface area contributed by atoms with Crippen molar-refractivity contribution in [2.75, 3.05) is 32.8 Å².